The van der Waals surface area contributed by atoms with Gasteiger partial charge >= 0.3 is 6.03 Å². The number of urea groups is 1. The fraction of sp³-hybridized carbons (Fsp3) is 0.462. The maximum atomic E-state index is 12.6. The second-order valence-corrected chi connectivity index (χ2v) is 6.81. The van der Waals surface area contributed by atoms with Crippen LogP contribution >= 0.6 is 0 Å². The van der Waals surface area contributed by atoms with Crippen molar-refractivity contribution in [2.24, 2.45) is 5.73 Å². The number of anilines is 1. The number of primary amides is 1. The Balaban J connectivity index is 2.36. The summed E-state index contributed by atoms with van der Waals surface area (Å²) in [5.41, 5.74) is 11.3. The van der Waals surface area contributed by atoms with Gasteiger partial charge in [-0.05, 0) is 37.1 Å². The molecule has 0 bridgehead atoms. The fourth-order valence-corrected chi connectivity index (χ4v) is 4.11. The second kappa shape index (κ2) is 5.70. The molecule has 0 aromatic heterocycles. The lowest BCUT2D eigenvalue weighted by Crippen LogP contribution is -2.48. The number of nitrogens with two attached hydrogens (primary N) is 2. The molecule has 6 nitrogen and oxygen atoms in total. The van der Waals surface area contributed by atoms with E-state index >= 15 is 0 Å². The summed E-state index contributed by atoms with van der Waals surface area (Å²) in [4.78, 5) is 11.7. The van der Waals surface area contributed by atoms with Gasteiger partial charge in [0.2, 0.25) is 0 Å². The lowest BCUT2D eigenvalue weighted by Gasteiger charge is -2.32. The van der Waals surface area contributed by atoms with Gasteiger partial charge < -0.3 is 11.5 Å². The van der Waals surface area contributed by atoms with E-state index in [1.165, 1.54) is 24.3 Å². The van der Waals surface area contributed by atoms with Crippen molar-refractivity contribution < 1.29 is 13.2 Å². The smallest absolute Gasteiger partial charge is 0.328 e. The van der Waals surface area contributed by atoms with Crippen LogP contribution in [0.2, 0.25) is 0 Å². The minimum absolute atomic E-state index is 0.0380. The number of hydrogen-bond donors (Lipinski definition) is 2. The number of nitrogen functional groups attached to an aromatic ring is 1. The van der Waals surface area contributed by atoms with Gasteiger partial charge in [0.1, 0.15) is 0 Å². The molecule has 1 aliphatic rings. The zero-order chi connectivity index (χ0) is 14.8. The summed E-state index contributed by atoms with van der Waals surface area (Å²) in [6.45, 7) is 0. The lowest BCUT2D eigenvalue weighted by molar-refractivity contribution is 0.208. The Morgan fingerprint density at radius 3 is 2.15 bits per heavy atom. The SMILES string of the molecule is NC(=O)N(C1CCCCC1)S(=O)(=O)c1ccc(N)cc1. The van der Waals surface area contributed by atoms with Crippen molar-refractivity contribution in [2.75, 3.05) is 5.73 Å². The van der Waals surface area contributed by atoms with Gasteiger partial charge in [0.05, 0.1) is 10.9 Å². The van der Waals surface area contributed by atoms with Gasteiger partial charge in [-0.1, -0.05) is 19.3 Å². The second-order valence-electron chi connectivity index (χ2n) is 5.00. The van der Waals surface area contributed by atoms with Crippen LogP contribution in [-0.4, -0.2) is 24.8 Å². The summed E-state index contributed by atoms with van der Waals surface area (Å²) in [7, 11) is -3.91. The topological polar surface area (TPSA) is 106 Å². The summed E-state index contributed by atoms with van der Waals surface area (Å²) < 4.78 is 26.0. The fourth-order valence-electron chi connectivity index (χ4n) is 2.56. The molecule has 1 aliphatic carbocycles. The maximum absolute atomic E-state index is 12.6. The van der Waals surface area contributed by atoms with E-state index in [2.05, 4.69) is 0 Å². The Morgan fingerprint density at radius 1 is 1.10 bits per heavy atom. The third-order valence-corrected chi connectivity index (χ3v) is 5.42. The zero-order valence-corrected chi connectivity index (χ0v) is 12.0. The van der Waals surface area contributed by atoms with Crippen molar-refractivity contribution >= 4 is 21.7 Å². The van der Waals surface area contributed by atoms with E-state index in [-0.39, 0.29) is 10.9 Å². The van der Waals surface area contributed by atoms with Crippen LogP contribution in [0.15, 0.2) is 29.2 Å². The Morgan fingerprint density at radius 2 is 1.65 bits per heavy atom. The predicted octanol–water partition coefficient (Wildman–Crippen LogP) is 1.67. The Bertz CT molecular complexity index is 577. The molecule has 1 fully saturated rings. The van der Waals surface area contributed by atoms with Gasteiger partial charge in [-0.2, -0.15) is 0 Å². The number of hydrogen-bond acceptors (Lipinski definition) is 4. The van der Waals surface area contributed by atoms with Gasteiger partial charge in [-0.15, -0.1) is 0 Å². The molecule has 0 radical (unpaired) electrons. The molecule has 0 heterocycles. The predicted molar refractivity (Wildman–Crippen MR) is 76.3 cm³/mol. The summed E-state index contributed by atoms with van der Waals surface area (Å²) in [6, 6.07) is 4.50. The summed E-state index contributed by atoms with van der Waals surface area (Å²) in [5.74, 6) is 0. The quantitative estimate of drug-likeness (QED) is 0.827. The molecule has 1 saturated carbocycles. The molecule has 0 unspecified atom stereocenters. The Hall–Kier alpha value is -1.76. The van der Waals surface area contributed by atoms with E-state index in [1.54, 1.807) is 0 Å². The van der Waals surface area contributed by atoms with Crippen LogP contribution in [0.3, 0.4) is 0 Å². The van der Waals surface area contributed by atoms with Crippen LogP contribution in [0.4, 0.5) is 10.5 Å². The highest BCUT2D eigenvalue weighted by Gasteiger charge is 2.34. The van der Waals surface area contributed by atoms with Gasteiger partial charge in [-0.3, -0.25) is 0 Å². The molecule has 0 atom stereocenters. The normalized spacial score (nSPS) is 16.8. The summed E-state index contributed by atoms with van der Waals surface area (Å²) in [6.07, 6.45) is 4.21. The van der Waals surface area contributed by atoms with Crippen LogP contribution < -0.4 is 11.5 Å². The maximum Gasteiger partial charge on any atom is 0.328 e. The van der Waals surface area contributed by atoms with E-state index in [1.807, 2.05) is 0 Å². The number of benzene rings is 1. The van der Waals surface area contributed by atoms with Crippen molar-refractivity contribution in [2.45, 2.75) is 43.0 Å². The van der Waals surface area contributed by atoms with Crippen LogP contribution in [0.25, 0.3) is 0 Å². The number of nitrogens with zero attached hydrogens (tertiary/aromatic N) is 1. The Kier molecular flexibility index (Phi) is 4.17. The van der Waals surface area contributed by atoms with E-state index in [4.69, 9.17) is 11.5 Å². The monoisotopic (exact) mass is 297 g/mol. The highest BCUT2D eigenvalue weighted by molar-refractivity contribution is 7.89. The first-order valence-electron chi connectivity index (χ1n) is 6.62. The molecule has 7 heteroatoms. The number of carbonyl (C=O) groups excluding carboxylic acids is 1. The third kappa shape index (κ3) is 2.87. The van der Waals surface area contributed by atoms with Crippen molar-refractivity contribution in [3.05, 3.63) is 24.3 Å². The first-order chi connectivity index (χ1) is 9.43. The van der Waals surface area contributed by atoms with Crippen LogP contribution in [-0.2, 0) is 10.0 Å². The molecule has 110 valence electrons. The van der Waals surface area contributed by atoms with E-state index in [0.717, 1.165) is 23.6 Å². The highest BCUT2D eigenvalue weighted by atomic mass is 32.2. The summed E-state index contributed by atoms with van der Waals surface area (Å²) >= 11 is 0. The minimum Gasteiger partial charge on any atom is -0.399 e. The third-order valence-electron chi connectivity index (χ3n) is 3.56. The first kappa shape index (κ1) is 14.6. The number of carbonyl (C=O) groups is 1. The number of amides is 2. The Labute approximate surface area is 118 Å². The van der Waals surface area contributed by atoms with Crippen LogP contribution in [0.1, 0.15) is 32.1 Å². The highest BCUT2D eigenvalue weighted by Crippen LogP contribution is 2.27. The van der Waals surface area contributed by atoms with E-state index < -0.39 is 16.1 Å². The molecule has 0 spiro atoms. The van der Waals surface area contributed by atoms with Gasteiger partial charge in [0, 0.05) is 5.69 Å². The number of rotatable bonds is 3. The molecule has 20 heavy (non-hydrogen) atoms. The van der Waals surface area contributed by atoms with Gasteiger partial charge in [0.25, 0.3) is 10.0 Å². The van der Waals surface area contributed by atoms with Crippen molar-refractivity contribution in [3.63, 3.8) is 0 Å². The molecular formula is C13H19N3O3S. The van der Waals surface area contributed by atoms with Crippen molar-refractivity contribution in [1.29, 1.82) is 0 Å². The van der Waals surface area contributed by atoms with E-state index in [0.29, 0.717) is 18.5 Å². The molecular weight excluding hydrogens is 278 g/mol. The zero-order valence-electron chi connectivity index (χ0n) is 11.2. The van der Waals surface area contributed by atoms with Crippen LogP contribution in [0.5, 0.6) is 0 Å². The van der Waals surface area contributed by atoms with Gasteiger partial charge in [0.15, 0.2) is 0 Å². The largest absolute Gasteiger partial charge is 0.399 e. The molecule has 4 N–H and O–H groups in total. The summed E-state index contributed by atoms with van der Waals surface area (Å²) in [5, 5.41) is 0. The van der Waals surface area contributed by atoms with Crippen molar-refractivity contribution in [3.8, 4) is 0 Å². The van der Waals surface area contributed by atoms with Crippen molar-refractivity contribution in [1.82, 2.24) is 4.31 Å². The first-order valence-corrected chi connectivity index (χ1v) is 8.06. The van der Waals surface area contributed by atoms with E-state index in [9.17, 15) is 13.2 Å². The number of sulfonamides is 1. The minimum atomic E-state index is -3.91. The average Bonchev–Trinajstić information content (AvgIpc) is 2.39. The van der Waals surface area contributed by atoms with Gasteiger partial charge in [-0.25, -0.2) is 17.5 Å². The molecule has 1 aromatic rings. The molecule has 0 saturated heterocycles. The van der Waals surface area contributed by atoms with Crippen LogP contribution in [0, 0.1) is 0 Å². The molecule has 2 rings (SSSR count). The standard InChI is InChI=1S/C13H19N3O3S/c14-10-6-8-12(9-7-10)20(18,19)16(13(15)17)11-4-2-1-3-5-11/h6-9,11H,1-5,14H2,(H2,15,17). The molecule has 0 aliphatic heterocycles. The molecule has 2 amide bonds. The molecule has 1 aromatic carbocycles. The lowest BCUT2D eigenvalue weighted by atomic mass is 9.96. The average molecular weight is 297 g/mol.